The molecule has 3 aliphatic rings. The van der Waals surface area contributed by atoms with Gasteiger partial charge in [0.05, 0.1) is 23.0 Å². The topological polar surface area (TPSA) is 138 Å². The van der Waals surface area contributed by atoms with E-state index in [-0.39, 0.29) is 30.0 Å². The maximum Gasteiger partial charge on any atom is 0.326 e. The number of hydrazine groups is 1. The minimum absolute atomic E-state index is 0.0688. The van der Waals surface area contributed by atoms with Crippen molar-refractivity contribution >= 4 is 17.8 Å². The highest BCUT2D eigenvalue weighted by atomic mass is 19.1. The summed E-state index contributed by atoms with van der Waals surface area (Å²) in [7, 11) is 0. The van der Waals surface area contributed by atoms with E-state index in [4.69, 9.17) is 5.73 Å². The first-order chi connectivity index (χ1) is 20.6. The lowest BCUT2D eigenvalue weighted by atomic mass is 9.94. The van der Waals surface area contributed by atoms with Crippen LogP contribution < -0.4 is 16.5 Å². The number of rotatable bonds is 9. The fraction of sp³-hybridized carbons (Fsp3) is 0.226. The van der Waals surface area contributed by atoms with Gasteiger partial charge in [-0.3, -0.25) is 24.4 Å². The number of pyridine rings is 1. The number of carboxylic acid groups (broad SMARTS) is 1. The van der Waals surface area contributed by atoms with E-state index in [1.807, 2.05) is 6.08 Å². The molecule has 2 heterocycles. The number of hydrogen-bond acceptors (Lipinski definition) is 6. The molecule has 3 atom stereocenters. The summed E-state index contributed by atoms with van der Waals surface area (Å²) in [5.41, 5.74) is 11.8. The lowest BCUT2D eigenvalue weighted by molar-refractivity contribution is -0.139. The molecule has 2 amide bonds. The fourth-order valence-electron chi connectivity index (χ4n) is 6.22. The number of primary amides is 1. The van der Waals surface area contributed by atoms with Crippen molar-refractivity contribution in [1.29, 1.82) is 0 Å². The van der Waals surface area contributed by atoms with E-state index in [0.717, 1.165) is 48.3 Å². The molecule has 43 heavy (non-hydrogen) atoms. The minimum atomic E-state index is -1.04. The smallest absolute Gasteiger partial charge is 0.326 e. The molecule has 0 saturated heterocycles. The lowest BCUT2D eigenvalue weighted by Gasteiger charge is -2.26. The van der Waals surface area contributed by atoms with Crippen LogP contribution in [0.15, 0.2) is 77.6 Å². The van der Waals surface area contributed by atoms with Crippen LogP contribution in [0.2, 0.25) is 0 Å². The molecule has 1 aliphatic heterocycles. The van der Waals surface area contributed by atoms with Crippen LogP contribution in [-0.4, -0.2) is 45.5 Å². The molecule has 2 aliphatic carbocycles. The van der Waals surface area contributed by atoms with Crippen molar-refractivity contribution in [3.05, 3.63) is 112 Å². The maximum atomic E-state index is 14.3. The number of amides is 2. The first-order valence-electron chi connectivity index (χ1n) is 13.6. The second-order valence-corrected chi connectivity index (χ2v) is 10.8. The van der Waals surface area contributed by atoms with Crippen molar-refractivity contribution in [3.63, 3.8) is 0 Å². The van der Waals surface area contributed by atoms with Gasteiger partial charge in [0.25, 0.3) is 5.91 Å². The third-order valence-corrected chi connectivity index (χ3v) is 7.96. The molecule has 2 aromatic carbocycles. The van der Waals surface area contributed by atoms with Gasteiger partial charge in [-0.2, -0.15) is 0 Å². The number of hydrogen-bond donors (Lipinski definition) is 4. The van der Waals surface area contributed by atoms with Gasteiger partial charge in [-0.25, -0.2) is 18.6 Å². The van der Waals surface area contributed by atoms with Crippen molar-refractivity contribution in [2.75, 3.05) is 6.54 Å². The zero-order valence-corrected chi connectivity index (χ0v) is 22.6. The Kier molecular flexibility index (Phi) is 7.22. The third-order valence-electron chi connectivity index (χ3n) is 7.96. The number of nitrogens with one attached hydrogen (secondary N) is 2. The van der Waals surface area contributed by atoms with E-state index in [0.29, 0.717) is 22.5 Å². The van der Waals surface area contributed by atoms with Crippen molar-refractivity contribution in [1.82, 2.24) is 20.7 Å². The van der Waals surface area contributed by atoms with Crippen LogP contribution in [0.1, 0.15) is 40.5 Å². The van der Waals surface area contributed by atoms with Crippen LogP contribution in [0, 0.1) is 23.4 Å². The number of aromatic nitrogens is 1. The van der Waals surface area contributed by atoms with Crippen molar-refractivity contribution in [2.24, 2.45) is 11.7 Å². The second kappa shape index (κ2) is 11.0. The lowest BCUT2D eigenvalue weighted by Crippen LogP contribution is -2.47. The number of aliphatic carboxylic acids is 1. The molecular weight excluding hydrogens is 563 g/mol. The summed E-state index contributed by atoms with van der Waals surface area (Å²) < 4.78 is 42.5. The van der Waals surface area contributed by atoms with E-state index in [2.05, 4.69) is 15.7 Å². The average molecular weight is 590 g/mol. The summed E-state index contributed by atoms with van der Waals surface area (Å²) in [4.78, 5) is 41.8. The van der Waals surface area contributed by atoms with Gasteiger partial charge in [0.1, 0.15) is 30.0 Å². The number of benzene rings is 2. The highest BCUT2D eigenvalue weighted by Gasteiger charge is 2.47. The average Bonchev–Trinajstić information content (AvgIpc) is 3.66. The summed E-state index contributed by atoms with van der Waals surface area (Å²) in [5.74, 6) is -4.83. The number of nitrogens with zero attached hydrogens (tertiary/aromatic N) is 2. The highest BCUT2D eigenvalue weighted by molar-refractivity contribution is 5.94. The molecule has 9 nitrogen and oxygen atoms in total. The Morgan fingerprint density at radius 2 is 1.88 bits per heavy atom. The van der Waals surface area contributed by atoms with E-state index >= 15 is 0 Å². The van der Waals surface area contributed by atoms with Crippen molar-refractivity contribution in [2.45, 2.75) is 31.3 Å². The Hall–Kier alpha value is -4.97. The predicted octanol–water partition coefficient (Wildman–Crippen LogP) is 3.54. The van der Waals surface area contributed by atoms with E-state index in [1.54, 1.807) is 12.1 Å². The Labute approximate surface area is 243 Å². The molecule has 0 saturated carbocycles. The molecule has 12 heteroatoms. The Morgan fingerprint density at radius 1 is 1.12 bits per heavy atom. The van der Waals surface area contributed by atoms with Crippen LogP contribution in [-0.2, 0) is 16.0 Å². The summed E-state index contributed by atoms with van der Waals surface area (Å²) in [5, 5.41) is 14.2. The molecule has 0 unspecified atom stereocenters. The quantitative estimate of drug-likeness (QED) is 0.300. The van der Waals surface area contributed by atoms with Gasteiger partial charge in [0.15, 0.2) is 0 Å². The number of nitrogens with two attached hydrogens (primary N) is 1. The summed E-state index contributed by atoms with van der Waals surface area (Å²) >= 11 is 0. The Balaban J connectivity index is 1.33. The molecule has 0 radical (unpaired) electrons. The van der Waals surface area contributed by atoms with Crippen molar-refractivity contribution in [3.8, 4) is 11.1 Å². The molecule has 2 bridgehead atoms. The van der Waals surface area contributed by atoms with E-state index < -0.39 is 47.3 Å². The van der Waals surface area contributed by atoms with Gasteiger partial charge in [-0.05, 0) is 77.8 Å². The second-order valence-electron chi connectivity index (χ2n) is 10.8. The zero-order valence-electron chi connectivity index (χ0n) is 22.6. The standard InChI is InChI=1S/C31H26F3N5O4/c32-19-8-15(9-20(33)13-19)10-24(27-21(2-1-7-36-27)16-5-6-23(34)22(12-16)30(35)41)37-25(40)14-39-29-18-4-3-17(11-18)26(29)28(38-39)31(42)43/h1-2,4-9,12-13,17,24,28,38H,3,10-11,14H2,(H2,35,41)(H,37,40)(H,42,43)/t17-,24-,28-/m0/s1. The number of carboxylic acids is 1. The van der Waals surface area contributed by atoms with Crippen LogP contribution in [0.4, 0.5) is 13.2 Å². The minimum Gasteiger partial charge on any atom is -0.480 e. The summed E-state index contributed by atoms with van der Waals surface area (Å²) in [6.45, 7) is -0.245. The highest BCUT2D eigenvalue weighted by Crippen LogP contribution is 2.49. The first kappa shape index (κ1) is 28.2. The van der Waals surface area contributed by atoms with Gasteiger partial charge < -0.3 is 16.2 Å². The van der Waals surface area contributed by atoms with Gasteiger partial charge in [0, 0.05) is 17.8 Å². The fourth-order valence-corrected chi connectivity index (χ4v) is 6.22. The van der Waals surface area contributed by atoms with E-state index in [9.17, 15) is 32.7 Å². The van der Waals surface area contributed by atoms with Crippen LogP contribution in [0.25, 0.3) is 11.1 Å². The number of allylic oxidation sites excluding steroid dienone is 2. The molecule has 0 spiro atoms. The van der Waals surface area contributed by atoms with E-state index in [1.165, 1.54) is 23.3 Å². The molecule has 1 aromatic heterocycles. The number of fused-ring (bicyclic) bond motifs is 4. The van der Waals surface area contributed by atoms with Gasteiger partial charge in [0.2, 0.25) is 5.91 Å². The molecular formula is C31H26F3N5O4. The monoisotopic (exact) mass is 589 g/mol. The summed E-state index contributed by atoms with van der Waals surface area (Å²) in [6.07, 6.45) is 4.94. The van der Waals surface area contributed by atoms with Crippen LogP contribution >= 0.6 is 0 Å². The Bertz CT molecular complexity index is 1720. The number of halogens is 3. The largest absolute Gasteiger partial charge is 0.480 e. The number of carbonyl (C=O) groups excluding carboxylic acids is 2. The van der Waals surface area contributed by atoms with Gasteiger partial charge in [-0.15, -0.1) is 0 Å². The maximum absolute atomic E-state index is 14.3. The van der Waals surface area contributed by atoms with Gasteiger partial charge >= 0.3 is 5.97 Å². The number of carbonyl (C=O) groups is 3. The van der Waals surface area contributed by atoms with Crippen LogP contribution in [0.5, 0.6) is 0 Å². The first-order valence-corrected chi connectivity index (χ1v) is 13.6. The van der Waals surface area contributed by atoms with Crippen molar-refractivity contribution < 1.29 is 32.7 Å². The SMILES string of the molecule is NC(=O)c1cc(-c2cccnc2[C@H](Cc2cc(F)cc(F)c2)NC(=O)CN2N[C@H](C(=O)O)C3=C2C2=CC[C@H]3C2)ccc1F. The zero-order chi connectivity index (χ0) is 30.4. The molecule has 0 fully saturated rings. The Morgan fingerprint density at radius 3 is 2.60 bits per heavy atom. The molecule has 220 valence electrons. The molecule has 5 N–H and O–H groups in total. The van der Waals surface area contributed by atoms with Gasteiger partial charge in [-0.1, -0.05) is 18.2 Å². The normalized spacial score (nSPS) is 19.3. The predicted molar refractivity (Wildman–Crippen MR) is 148 cm³/mol. The molecule has 3 aromatic rings. The summed E-state index contributed by atoms with van der Waals surface area (Å²) in [6, 6.07) is 8.22. The third kappa shape index (κ3) is 5.37. The molecule has 6 rings (SSSR count). The van der Waals surface area contributed by atoms with Crippen LogP contribution in [0.3, 0.4) is 0 Å².